The molecular weight excluding hydrogens is 276 g/mol. The number of ether oxygens (including phenoxy) is 1. The average Bonchev–Trinajstić information content (AvgIpc) is 3.06. The maximum atomic E-state index is 12.8. The van der Waals surface area contributed by atoms with Crippen LogP contribution in [0.2, 0.25) is 0 Å². The van der Waals surface area contributed by atoms with Crippen LogP contribution in [0.5, 0.6) is 0 Å². The molecule has 1 aliphatic heterocycles. The van der Waals surface area contributed by atoms with Crippen molar-refractivity contribution in [3.05, 3.63) is 12.2 Å². The van der Waals surface area contributed by atoms with Crippen LogP contribution in [0.1, 0.15) is 6.42 Å². The molecule has 2 bridgehead atoms. The summed E-state index contributed by atoms with van der Waals surface area (Å²) in [6.45, 7) is 0.690. The summed E-state index contributed by atoms with van der Waals surface area (Å²) in [5.74, 6) is -3.30. The van der Waals surface area contributed by atoms with Crippen molar-refractivity contribution in [3.8, 4) is 0 Å². The zero-order valence-corrected chi connectivity index (χ0v) is 11.5. The third kappa shape index (κ3) is 2.21. The van der Waals surface area contributed by atoms with Gasteiger partial charge in [0.05, 0.1) is 25.0 Å². The van der Waals surface area contributed by atoms with Crippen LogP contribution < -0.4 is 5.73 Å². The van der Waals surface area contributed by atoms with E-state index < -0.39 is 29.8 Å². The Morgan fingerprint density at radius 2 is 1.86 bits per heavy atom. The molecule has 1 heterocycles. The van der Waals surface area contributed by atoms with E-state index in [0.29, 0.717) is 13.0 Å². The number of amides is 2. The van der Waals surface area contributed by atoms with Crippen molar-refractivity contribution in [2.75, 3.05) is 19.8 Å². The molecule has 0 radical (unpaired) electrons. The minimum absolute atomic E-state index is 0.0556. The van der Waals surface area contributed by atoms with E-state index >= 15 is 0 Å². The summed E-state index contributed by atoms with van der Waals surface area (Å²) in [4.78, 5) is 37.1. The molecule has 7 nitrogen and oxygen atoms in total. The predicted octanol–water partition coefficient (Wildman–Crippen LogP) is -0.778. The lowest BCUT2D eigenvalue weighted by atomic mass is 9.81. The maximum absolute atomic E-state index is 12.8. The minimum atomic E-state index is -0.950. The van der Waals surface area contributed by atoms with E-state index in [9.17, 15) is 19.5 Å². The lowest BCUT2D eigenvalue weighted by Crippen LogP contribution is -2.57. The van der Waals surface area contributed by atoms with Gasteiger partial charge in [-0.3, -0.25) is 14.4 Å². The molecule has 2 fully saturated rings. The van der Waals surface area contributed by atoms with Gasteiger partial charge in [-0.05, 0) is 18.3 Å². The fourth-order valence-electron chi connectivity index (χ4n) is 3.79. The number of nitrogens with zero attached hydrogens (tertiary/aromatic N) is 1. The fraction of sp³-hybridized carbons (Fsp3) is 0.643. The van der Waals surface area contributed by atoms with E-state index in [1.54, 1.807) is 0 Å². The van der Waals surface area contributed by atoms with Gasteiger partial charge in [-0.25, -0.2) is 0 Å². The number of carboxylic acids is 1. The molecule has 3 unspecified atom stereocenters. The maximum Gasteiger partial charge on any atom is 0.307 e. The fourth-order valence-corrected chi connectivity index (χ4v) is 3.79. The quantitative estimate of drug-likeness (QED) is 0.664. The van der Waals surface area contributed by atoms with Crippen molar-refractivity contribution in [2.24, 2.45) is 29.4 Å². The number of aliphatic carboxylic acids is 1. The molecule has 1 saturated heterocycles. The second-order valence-electron chi connectivity index (χ2n) is 5.86. The van der Waals surface area contributed by atoms with Crippen molar-refractivity contribution < 1.29 is 24.2 Å². The molecule has 3 aliphatic rings. The monoisotopic (exact) mass is 294 g/mol. The van der Waals surface area contributed by atoms with Crippen molar-refractivity contribution in [1.29, 1.82) is 0 Å². The van der Waals surface area contributed by atoms with Crippen LogP contribution in [0.25, 0.3) is 0 Å². The predicted molar refractivity (Wildman–Crippen MR) is 70.9 cm³/mol. The zero-order chi connectivity index (χ0) is 15.1. The first-order chi connectivity index (χ1) is 10.0. The van der Waals surface area contributed by atoms with Crippen LogP contribution in [0.3, 0.4) is 0 Å². The highest BCUT2D eigenvalue weighted by Crippen LogP contribution is 2.49. The molecule has 5 atom stereocenters. The third-order valence-electron chi connectivity index (χ3n) is 4.77. The number of rotatable bonds is 3. The molecule has 0 spiro atoms. The van der Waals surface area contributed by atoms with Crippen LogP contribution in [-0.2, 0) is 19.1 Å². The molecule has 0 aromatic carbocycles. The summed E-state index contributed by atoms with van der Waals surface area (Å²) < 4.78 is 5.20. The zero-order valence-electron chi connectivity index (χ0n) is 11.5. The van der Waals surface area contributed by atoms with Crippen molar-refractivity contribution in [1.82, 2.24) is 4.90 Å². The summed E-state index contributed by atoms with van der Waals surface area (Å²) in [5.41, 5.74) is 5.32. The molecule has 7 heteroatoms. The van der Waals surface area contributed by atoms with Crippen molar-refractivity contribution >= 4 is 17.8 Å². The second kappa shape index (κ2) is 5.14. The highest BCUT2D eigenvalue weighted by atomic mass is 16.5. The van der Waals surface area contributed by atoms with Gasteiger partial charge in [0.15, 0.2) is 0 Å². The standard InChI is InChI=1S/C14H18N2O5/c15-12(17)9-6-21-4-3-16(9)13(18)10-7-1-2-8(5-7)11(10)14(19)20/h1-2,7-11H,3-6H2,(H2,15,17)(H,19,20)/t7?,8?,9?,10-,11+/m0/s1. The van der Waals surface area contributed by atoms with Gasteiger partial charge in [-0.1, -0.05) is 12.2 Å². The third-order valence-corrected chi connectivity index (χ3v) is 4.77. The number of nitrogens with two attached hydrogens (primary N) is 1. The van der Waals surface area contributed by atoms with Gasteiger partial charge >= 0.3 is 5.97 Å². The van der Waals surface area contributed by atoms with Crippen LogP contribution in [0.15, 0.2) is 12.2 Å². The molecule has 2 aliphatic carbocycles. The van der Waals surface area contributed by atoms with Gasteiger partial charge < -0.3 is 20.5 Å². The Balaban J connectivity index is 1.85. The molecule has 0 aromatic heterocycles. The highest BCUT2D eigenvalue weighted by Gasteiger charge is 2.53. The molecule has 3 rings (SSSR count). The molecule has 0 aromatic rings. The van der Waals surface area contributed by atoms with Crippen LogP contribution in [-0.4, -0.2) is 53.6 Å². The van der Waals surface area contributed by atoms with Gasteiger partial charge in [0.2, 0.25) is 11.8 Å². The van der Waals surface area contributed by atoms with E-state index in [4.69, 9.17) is 10.5 Å². The van der Waals surface area contributed by atoms with E-state index in [1.165, 1.54) is 4.90 Å². The van der Waals surface area contributed by atoms with Crippen LogP contribution in [0, 0.1) is 23.7 Å². The number of allylic oxidation sites excluding steroid dienone is 2. The highest BCUT2D eigenvalue weighted by molar-refractivity contribution is 5.91. The van der Waals surface area contributed by atoms with Gasteiger partial charge in [0, 0.05) is 6.54 Å². The topological polar surface area (TPSA) is 110 Å². The molecular formula is C14H18N2O5. The first-order valence-electron chi connectivity index (χ1n) is 7.09. The summed E-state index contributed by atoms with van der Waals surface area (Å²) in [7, 11) is 0. The number of carboxylic acid groups (broad SMARTS) is 1. The Morgan fingerprint density at radius 3 is 2.48 bits per heavy atom. The Kier molecular flexibility index (Phi) is 3.44. The van der Waals surface area contributed by atoms with E-state index in [0.717, 1.165) is 0 Å². The number of carbonyl (C=O) groups excluding carboxylic acids is 2. The lowest BCUT2D eigenvalue weighted by molar-refractivity contribution is -0.157. The van der Waals surface area contributed by atoms with Crippen molar-refractivity contribution in [2.45, 2.75) is 12.5 Å². The first kappa shape index (κ1) is 14.1. The molecule has 1 saturated carbocycles. The summed E-state index contributed by atoms with van der Waals surface area (Å²) in [6, 6.07) is -0.802. The van der Waals surface area contributed by atoms with E-state index in [2.05, 4.69) is 0 Å². The minimum Gasteiger partial charge on any atom is -0.481 e. The Morgan fingerprint density at radius 1 is 1.19 bits per heavy atom. The van der Waals surface area contributed by atoms with Crippen LogP contribution in [0.4, 0.5) is 0 Å². The largest absolute Gasteiger partial charge is 0.481 e. The smallest absolute Gasteiger partial charge is 0.307 e. The number of carbonyl (C=O) groups is 3. The van der Waals surface area contributed by atoms with Gasteiger partial charge in [-0.2, -0.15) is 0 Å². The first-order valence-corrected chi connectivity index (χ1v) is 7.09. The SMILES string of the molecule is NC(=O)C1COCCN1C(=O)[C@H]1C2C=CC(C2)[C@H]1C(=O)O. The van der Waals surface area contributed by atoms with E-state index in [1.807, 2.05) is 12.2 Å². The van der Waals surface area contributed by atoms with Gasteiger partial charge in [0.1, 0.15) is 6.04 Å². The molecule has 114 valence electrons. The number of morpholine rings is 1. The van der Waals surface area contributed by atoms with Crippen LogP contribution >= 0.6 is 0 Å². The normalized spacial score (nSPS) is 37.7. The number of fused-ring (bicyclic) bond motifs is 2. The number of primary amides is 1. The summed E-state index contributed by atoms with van der Waals surface area (Å²) >= 11 is 0. The Bertz CT molecular complexity index is 517. The molecule has 2 amide bonds. The molecule has 3 N–H and O–H groups in total. The van der Waals surface area contributed by atoms with E-state index in [-0.39, 0.29) is 30.9 Å². The molecule has 21 heavy (non-hydrogen) atoms. The van der Waals surface area contributed by atoms with Gasteiger partial charge in [0.25, 0.3) is 0 Å². The second-order valence-corrected chi connectivity index (χ2v) is 5.86. The summed E-state index contributed by atoms with van der Waals surface area (Å²) in [5, 5.41) is 9.41. The number of hydrogen-bond donors (Lipinski definition) is 2. The lowest BCUT2D eigenvalue weighted by Gasteiger charge is -2.37. The van der Waals surface area contributed by atoms with Crippen molar-refractivity contribution in [3.63, 3.8) is 0 Å². The van der Waals surface area contributed by atoms with Gasteiger partial charge in [-0.15, -0.1) is 0 Å². The average molecular weight is 294 g/mol. The summed E-state index contributed by atoms with van der Waals surface area (Å²) in [6.07, 6.45) is 4.50. The Labute approximate surface area is 121 Å². The Hall–Kier alpha value is -1.89. The number of hydrogen-bond acceptors (Lipinski definition) is 4.